The third kappa shape index (κ3) is 3.32. The van der Waals surface area contributed by atoms with Crippen LogP contribution in [0, 0.1) is 12.8 Å². The highest BCUT2D eigenvalue weighted by atomic mass is 32.2. The normalized spacial score (nSPS) is 17.2. The van der Waals surface area contributed by atoms with Gasteiger partial charge in [0.1, 0.15) is 4.99 Å². The lowest BCUT2D eigenvalue weighted by atomic mass is 10.1. The van der Waals surface area contributed by atoms with E-state index in [2.05, 4.69) is 4.72 Å². The van der Waals surface area contributed by atoms with E-state index in [4.69, 9.17) is 18.0 Å². The fraction of sp³-hybridized carbons (Fsp3) is 0.462. The first-order valence-electron chi connectivity index (χ1n) is 6.24. The number of aryl methyl sites for hydroxylation is 1. The van der Waals surface area contributed by atoms with E-state index in [1.165, 1.54) is 0 Å². The fourth-order valence-corrected chi connectivity index (χ4v) is 3.71. The Kier molecular flexibility index (Phi) is 3.94. The van der Waals surface area contributed by atoms with Gasteiger partial charge in [-0.1, -0.05) is 18.3 Å². The van der Waals surface area contributed by atoms with Crippen molar-refractivity contribution < 1.29 is 8.42 Å². The summed E-state index contributed by atoms with van der Waals surface area (Å²) >= 11 is 4.91. The Morgan fingerprint density at radius 3 is 2.58 bits per heavy atom. The molecular weight excluding hydrogens is 280 g/mol. The first kappa shape index (κ1) is 14.4. The summed E-state index contributed by atoms with van der Waals surface area (Å²) in [5, 5.41) is 0. The molecule has 0 aliphatic heterocycles. The minimum absolute atomic E-state index is 0.0134. The van der Waals surface area contributed by atoms with Gasteiger partial charge in [-0.25, -0.2) is 13.1 Å². The second kappa shape index (κ2) is 5.19. The number of hydrogen-bond donors (Lipinski definition) is 2. The van der Waals surface area contributed by atoms with Gasteiger partial charge in [0.2, 0.25) is 10.0 Å². The highest BCUT2D eigenvalue weighted by Gasteiger charge is 2.31. The molecule has 1 atom stereocenters. The average molecular weight is 298 g/mol. The maximum atomic E-state index is 12.2. The summed E-state index contributed by atoms with van der Waals surface area (Å²) in [6.45, 7) is 3.71. The quantitative estimate of drug-likeness (QED) is 0.812. The Bertz CT molecular complexity index is 607. The van der Waals surface area contributed by atoms with E-state index in [1.54, 1.807) is 25.1 Å². The summed E-state index contributed by atoms with van der Waals surface area (Å²) in [7, 11) is -3.46. The van der Waals surface area contributed by atoms with Crippen LogP contribution in [0.3, 0.4) is 0 Å². The van der Waals surface area contributed by atoms with Crippen molar-refractivity contribution in [2.45, 2.75) is 37.6 Å². The average Bonchev–Trinajstić information content (AvgIpc) is 3.11. The van der Waals surface area contributed by atoms with E-state index in [-0.39, 0.29) is 15.9 Å². The van der Waals surface area contributed by atoms with E-state index >= 15 is 0 Å². The zero-order valence-corrected chi connectivity index (χ0v) is 12.6. The second-order valence-electron chi connectivity index (χ2n) is 5.09. The lowest BCUT2D eigenvalue weighted by molar-refractivity contribution is 0.538. The largest absolute Gasteiger partial charge is 0.389 e. The highest BCUT2D eigenvalue weighted by Crippen LogP contribution is 2.33. The van der Waals surface area contributed by atoms with E-state index in [1.807, 2.05) is 6.92 Å². The van der Waals surface area contributed by atoms with Crippen LogP contribution in [-0.2, 0) is 10.0 Å². The van der Waals surface area contributed by atoms with Crippen LogP contribution in [0.25, 0.3) is 0 Å². The number of thiocarbonyl (C=S) groups is 1. The molecule has 2 rings (SSSR count). The van der Waals surface area contributed by atoms with Gasteiger partial charge in [0.15, 0.2) is 0 Å². The number of rotatable bonds is 5. The Morgan fingerprint density at radius 2 is 2.11 bits per heavy atom. The number of benzene rings is 1. The molecule has 4 nitrogen and oxygen atoms in total. The maximum absolute atomic E-state index is 12.2. The minimum Gasteiger partial charge on any atom is -0.389 e. The summed E-state index contributed by atoms with van der Waals surface area (Å²) < 4.78 is 27.2. The van der Waals surface area contributed by atoms with E-state index in [0.29, 0.717) is 11.5 Å². The summed E-state index contributed by atoms with van der Waals surface area (Å²) in [4.78, 5) is 0.540. The van der Waals surface area contributed by atoms with Crippen LogP contribution >= 0.6 is 12.2 Å². The molecule has 1 aromatic carbocycles. The topological polar surface area (TPSA) is 72.2 Å². The monoisotopic (exact) mass is 298 g/mol. The predicted octanol–water partition coefficient (Wildman–Crippen LogP) is 1.71. The van der Waals surface area contributed by atoms with Crippen LogP contribution in [0.15, 0.2) is 23.1 Å². The van der Waals surface area contributed by atoms with Gasteiger partial charge in [-0.3, -0.25) is 0 Å². The lowest BCUT2D eigenvalue weighted by Crippen LogP contribution is -2.34. The fourth-order valence-electron chi connectivity index (χ4n) is 2.08. The third-order valence-corrected chi connectivity index (χ3v) is 5.22. The van der Waals surface area contributed by atoms with Crippen molar-refractivity contribution in [2.75, 3.05) is 0 Å². The first-order valence-corrected chi connectivity index (χ1v) is 8.13. The molecule has 0 aromatic heterocycles. The van der Waals surface area contributed by atoms with Crippen LogP contribution in [0.1, 0.15) is 30.9 Å². The molecule has 1 aromatic rings. The molecule has 0 amide bonds. The molecule has 3 N–H and O–H groups in total. The molecule has 0 radical (unpaired) electrons. The number of sulfonamides is 1. The van der Waals surface area contributed by atoms with Gasteiger partial charge in [-0.15, -0.1) is 0 Å². The van der Waals surface area contributed by atoms with Crippen molar-refractivity contribution in [1.82, 2.24) is 4.72 Å². The zero-order valence-electron chi connectivity index (χ0n) is 11.0. The van der Waals surface area contributed by atoms with Gasteiger partial charge in [0.05, 0.1) is 4.90 Å². The summed E-state index contributed by atoms with van der Waals surface area (Å²) in [6, 6.07) is 4.80. The van der Waals surface area contributed by atoms with Crippen molar-refractivity contribution in [3.05, 3.63) is 29.3 Å². The van der Waals surface area contributed by atoms with Crippen LogP contribution in [0.2, 0.25) is 0 Å². The van der Waals surface area contributed by atoms with Crippen LogP contribution in [0.4, 0.5) is 0 Å². The Labute approximate surface area is 119 Å². The Hall–Kier alpha value is -0.980. The van der Waals surface area contributed by atoms with Crippen molar-refractivity contribution in [1.29, 1.82) is 0 Å². The molecule has 19 heavy (non-hydrogen) atoms. The number of nitrogens with two attached hydrogens (primary N) is 1. The molecule has 6 heteroatoms. The van der Waals surface area contributed by atoms with Crippen LogP contribution in [-0.4, -0.2) is 19.4 Å². The van der Waals surface area contributed by atoms with E-state index in [0.717, 1.165) is 18.4 Å². The van der Waals surface area contributed by atoms with Gasteiger partial charge in [-0.2, -0.15) is 0 Å². The molecule has 1 fully saturated rings. The molecule has 1 unspecified atom stereocenters. The SMILES string of the molecule is Cc1cc(S(=O)(=O)NC(C)C2CC2)ccc1C(N)=S. The zero-order chi connectivity index (χ0) is 14.2. The number of nitrogens with one attached hydrogen (secondary N) is 1. The third-order valence-electron chi connectivity index (χ3n) is 3.44. The molecule has 0 bridgehead atoms. The molecule has 0 spiro atoms. The van der Waals surface area contributed by atoms with Crippen LogP contribution in [0.5, 0.6) is 0 Å². The minimum atomic E-state index is -3.46. The van der Waals surface area contributed by atoms with Crippen molar-refractivity contribution in [3.63, 3.8) is 0 Å². The second-order valence-corrected chi connectivity index (χ2v) is 7.24. The highest BCUT2D eigenvalue weighted by molar-refractivity contribution is 7.89. The molecule has 1 aliphatic carbocycles. The summed E-state index contributed by atoms with van der Waals surface area (Å²) in [5.74, 6) is 0.478. The molecule has 1 aliphatic rings. The van der Waals surface area contributed by atoms with Gasteiger partial charge in [0, 0.05) is 11.6 Å². The maximum Gasteiger partial charge on any atom is 0.240 e. The molecule has 104 valence electrons. The van der Waals surface area contributed by atoms with Crippen molar-refractivity contribution in [3.8, 4) is 0 Å². The first-order chi connectivity index (χ1) is 8.81. The number of hydrogen-bond acceptors (Lipinski definition) is 3. The molecule has 0 heterocycles. The molecular formula is C13H18N2O2S2. The van der Waals surface area contributed by atoms with Crippen molar-refractivity contribution in [2.24, 2.45) is 11.7 Å². The Balaban J connectivity index is 2.25. The predicted molar refractivity (Wildman–Crippen MR) is 79.6 cm³/mol. The van der Waals surface area contributed by atoms with Gasteiger partial charge >= 0.3 is 0 Å². The summed E-state index contributed by atoms with van der Waals surface area (Å²) in [5.41, 5.74) is 7.05. The summed E-state index contributed by atoms with van der Waals surface area (Å²) in [6.07, 6.45) is 2.20. The van der Waals surface area contributed by atoms with E-state index < -0.39 is 10.0 Å². The van der Waals surface area contributed by atoms with Crippen molar-refractivity contribution >= 4 is 27.2 Å². The van der Waals surface area contributed by atoms with Gasteiger partial charge in [0.25, 0.3) is 0 Å². The smallest absolute Gasteiger partial charge is 0.240 e. The molecule has 0 saturated heterocycles. The standard InChI is InChI=1S/C13H18N2O2S2/c1-8-7-11(5-6-12(8)13(14)18)19(16,17)15-9(2)10-3-4-10/h5-7,9-10,15H,3-4H2,1-2H3,(H2,14,18). The Morgan fingerprint density at radius 1 is 1.47 bits per heavy atom. The van der Waals surface area contributed by atoms with Gasteiger partial charge < -0.3 is 5.73 Å². The van der Waals surface area contributed by atoms with E-state index in [9.17, 15) is 8.42 Å². The lowest BCUT2D eigenvalue weighted by Gasteiger charge is -2.14. The molecule has 1 saturated carbocycles. The van der Waals surface area contributed by atoms with Crippen LogP contribution < -0.4 is 10.5 Å². The van der Waals surface area contributed by atoms with Gasteiger partial charge in [-0.05, 0) is 50.3 Å².